The molecule has 0 bridgehead atoms. The molecule has 0 aromatic carbocycles. The van der Waals surface area contributed by atoms with E-state index >= 15 is 0 Å². The molecule has 1 aromatic rings. The van der Waals surface area contributed by atoms with Gasteiger partial charge in [0.25, 0.3) is 0 Å². The number of hydrogen-bond acceptors (Lipinski definition) is 3. The van der Waals surface area contributed by atoms with Crippen LogP contribution in [-0.4, -0.2) is 58.2 Å². The number of likely N-dealkylation sites (tertiary alicyclic amines) is 2. The van der Waals surface area contributed by atoms with Gasteiger partial charge in [-0.05, 0) is 43.8 Å². The summed E-state index contributed by atoms with van der Waals surface area (Å²) in [6.45, 7) is 5.55. The molecule has 0 radical (unpaired) electrons. The van der Waals surface area contributed by atoms with Crippen molar-refractivity contribution in [3.05, 3.63) is 18.0 Å². The topological polar surface area (TPSA) is 41.4 Å². The molecular weight excluding hydrogens is 264 g/mol. The van der Waals surface area contributed by atoms with Gasteiger partial charge in [0.1, 0.15) is 0 Å². The minimum Gasteiger partial charge on any atom is -0.342 e. The molecule has 3 rings (SSSR count). The fourth-order valence-corrected chi connectivity index (χ4v) is 3.56. The SMILES string of the molecule is Cn1cc(CC(=O)N2CC[C@H](CN3CCCCC3)C2)cn1. The predicted molar refractivity (Wildman–Crippen MR) is 81.9 cm³/mol. The lowest BCUT2D eigenvalue weighted by molar-refractivity contribution is -0.129. The summed E-state index contributed by atoms with van der Waals surface area (Å²) < 4.78 is 1.76. The lowest BCUT2D eigenvalue weighted by atomic mass is 10.1. The average Bonchev–Trinajstić information content (AvgIpc) is 3.09. The maximum Gasteiger partial charge on any atom is 0.227 e. The van der Waals surface area contributed by atoms with Crippen LogP contribution in [-0.2, 0) is 18.3 Å². The Morgan fingerprint density at radius 1 is 1.29 bits per heavy atom. The molecule has 5 nitrogen and oxygen atoms in total. The summed E-state index contributed by atoms with van der Waals surface area (Å²) in [4.78, 5) is 17.0. The van der Waals surface area contributed by atoms with Crippen LogP contribution in [0.5, 0.6) is 0 Å². The number of rotatable bonds is 4. The zero-order chi connectivity index (χ0) is 14.7. The summed E-state index contributed by atoms with van der Waals surface area (Å²) in [5.41, 5.74) is 1.02. The first kappa shape index (κ1) is 14.6. The van der Waals surface area contributed by atoms with Crippen LogP contribution >= 0.6 is 0 Å². The predicted octanol–water partition coefficient (Wildman–Crippen LogP) is 1.30. The lowest BCUT2D eigenvalue weighted by Crippen LogP contribution is -2.36. The van der Waals surface area contributed by atoms with Crippen molar-refractivity contribution in [2.75, 3.05) is 32.7 Å². The molecule has 2 aliphatic rings. The Morgan fingerprint density at radius 3 is 2.81 bits per heavy atom. The highest BCUT2D eigenvalue weighted by molar-refractivity contribution is 5.78. The van der Waals surface area contributed by atoms with Crippen LogP contribution in [0, 0.1) is 5.92 Å². The normalized spacial score (nSPS) is 23.7. The molecular formula is C16H26N4O. The van der Waals surface area contributed by atoms with Crippen molar-refractivity contribution in [3.63, 3.8) is 0 Å². The highest BCUT2D eigenvalue weighted by atomic mass is 16.2. The van der Waals surface area contributed by atoms with Gasteiger partial charge in [0.15, 0.2) is 0 Å². The number of carbonyl (C=O) groups is 1. The van der Waals surface area contributed by atoms with E-state index in [1.807, 2.05) is 18.1 Å². The molecule has 1 aromatic heterocycles. The van der Waals surface area contributed by atoms with E-state index in [-0.39, 0.29) is 5.91 Å². The second-order valence-corrected chi connectivity index (χ2v) is 6.55. The van der Waals surface area contributed by atoms with E-state index in [0.717, 1.165) is 25.1 Å². The van der Waals surface area contributed by atoms with Gasteiger partial charge in [0, 0.05) is 32.9 Å². The number of amides is 1. The molecule has 2 fully saturated rings. The molecule has 0 N–H and O–H groups in total. The molecule has 0 unspecified atom stereocenters. The Hall–Kier alpha value is -1.36. The first-order valence-corrected chi connectivity index (χ1v) is 8.18. The van der Waals surface area contributed by atoms with Crippen molar-refractivity contribution >= 4 is 5.91 Å². The Labute approximate surface area is 126 Å². The molecule has 2 aliphatic heterocycles. The molecule has 0 aliphatic carbocycles. The van der Waals surface area contributed by atoms with Gasteiger partial charge >= 0.3 is 0 Å². The van der Waals surface area contributed by atoms with E-state index in [9.17, 15) is 4.79 Å². The van der Waals surface area contributed by atoms with Crippen LogP contribution in [0.4, 0.5) is 0 Å². The minimum absolute atomic E-state index is 0.254. The van der Waals surface area contributed by atoms with Gasteiger partial charge in [-0.15, -0.1) is 0 Å². The molecule has 1 amide bonds. The lowest BCUT2D eigenvalue weighted by Gasteiger charge is -2.29. The van der Waals surface area contributed by atoms with Crippen LogP contribution in [0.3, 0.4) is 0 Å². The van der Waals surface area contributed by atoms with E-state index in [1.54, 1.807) is 10.9 Å². The average molecular weight is 290 g/mol. The molecule has 1 atom stereocenters. The zero-order valence-electron chi connectivity index (χ0n) is 13.0. The standard InChI is InChI=1S/C16H26N4O/c1-18-11-15(10-17-18)9-16(21)20-8-5-14(13-20)12-19-6-3-2-4-7-19/h10-11,14H,2-9,12-13H2,1H3/t14-/m1/s1. The minimum atomic E-state index is 0.254. The number of hydrogen-bond donors (Lipinski definition) is 0. The maximum atomic E-state index is 12.3. The first-order chi connectivity index (χ1) is 10.2. The number of aryl methyl sites for hydroxylation is 1. The largest absolute Gasteiger partial charge is 0.342 e. The molecule has 116 valence electrons. The third kappa shape index (κ3) is 3.84. The second-order valence-electron chi connectivity index (χ2n) is 6.55. The van der Waals surface area contributed by atoms with Crippen LogP contribution in [0.1, 0.15) is 31.2 Å². The third-order valence-corrected chi connectivity index (χ3v) is 4.72. The van der Waals surface area contributed by atoms with Gasteiger partial charge in [0.05, 0.1) is 12.6 Å². The van der Waals surface area contributed by atoms with Crippen molar-refractivity contribution < 1.29 is 4.79 Å². The summed E-state index contributed by atoms with van der Waals surface area (Å²) in [6.07, 6.45) is 9.45. The van der Waals surface area contributed by atoms with E-state index in [4.69, 9.17) is 0 Å². The zero-order valence-corrected chi connectivity index (χ0v) is 13.0. The third-order valence-electron chi connectivity index (χ3n) is 4.72. The number of carbonyl (C=O) groups excluding carboxylic acids is 1. The Balaban J connectivity index is 1.46. The van der Waals surface area contributed by atoms with Gasteiger partial charge in [-0.25, -0.2) is 0 Å². The highest BCUT2D eigenvalue weighted by Gasteiger charge is 2.28. The maximum absolute atomic E-state index is 12.3. The number of piperidine rings is 1. The van der Waals surface area contributed by atoms with Crippen molar-refractivity contribution in [3.8, 4) is 0 Å². The van der Waals surface area contributed by atoms with E-state index < -0.39 is 0 Å². The van der Waals surface area contributed by atoms with Crippen LogP contribution in [0.2, 0.25) is 0 Å². The second kappa shape index (κ2) is 6.60. The fourth-order valence-electron chi connectivity index (χ4n) is 3.56. The quantitative estimate of drug-likeness (QED) is 0.839. The van der Waals surface area contributed by atoms with Crippen molar-refractivity contribution in [2.45, 2.75) is 32.1 Å². The Morgan fingerprint density at radius 2 is 2.10 bits per heavy atom. The van der Waals surface area contributed by atoms with Gasteiger partial charge in [-0.2, -0.15) is 5.10 Å². The van der Waals surface area contributed by atoms with Crippen molar-refractivity contribution in [1.29, 1.82) is 0 Å². The fraction of sp³-hybridized carbons (Fsp3) is 0.750. The van der Waals surface area contributed by atoms with Crippen LogP contribution in [0.15, 0.2) is 12.4 Å². The van der Waals surface area contributed by atoms with Gasteiger partial charge in [-0.3, -0.25) is 9.48 Å². The van der Waals surface area contributed by atoms with Gasteiger partial charge < -0.3 is 9.80 Å². The molecule has 3 heterocycles. The molecule has 2 saturated heterocycles. The highest BCUT2D eigenvalue weighted by Crippen LogP contribution is 2.20. The number of nitrogens with zero attached hydrogens (tertiary/aromatic N) is 4. The summed E-state index contributed by atoms with van der Waals surface area (Å²) in [7, 11) is 1.89. The number of aromatic nitrogens is 2. The van der Waals surface area contributed by atoms with E-state index in [2.05, 4.69) is 10.00 Å². The van der Waals surface area contributed by atoms with Crippen LogP contribution in [0.25, 0.3) is 0 Å². The Bertz CT molecular complexity index is 478. The molecule has 5 heteroatoms. The molecule has 21 heavy (non-hydrogen) atoms. The smallest absolute Gasteiger partial charge is 0.227 e. The monoisotopic (exact) mass is 290 g/mol. The van der Waals surface area contributed by atoms with E-state index in [0.29, 0.717) is 12.3 Å². The van der Waals surface area contributed by atoms with Crippen LogP contribution < -0.4 is 0 Å². The Kier molecular flexibility index (Phi) is 4.58. The summed E-state index contributed by atoms with van der Waals surface area (Å²) in [5.74, 6) is 0.921. The van der Waals surface area contributed by atoms with Crippen molar-refractivity contribution in [2.24, 2.45) is 13.0 Å². The summed E-state index contributed by atoms with van der Waals surface area (Å²) in [6, 6.07) is 0. The van der Waals surface area contributed by atoms with Gasteiger partial charge in [-0.1, -0.05) is 6.42 Å². The van der Waals surface area contributed by atoms with Crippen molar-refractivity contribution in [1.82, 2.24) is 19.6 Å². The first-order valence-electron chi connectivity index (χ1n) is 8.18. The summed E-state index contributed by atoms with van der Waals surface area (Å²) in [5, 5.41) is 4.13. The van der Waals surface area contributed by atoms with Gasteiger partial charge in [0.2, 0.25) is 5.91 Å². The van der Waals surface area contributed by atoms with E-state index in [1.165, 1.54) is 38.9 Å². The molecule has 0 spiro atoms. The molecule has 0 saturated carbocycles. The summed E-state index contributed by atoms with van der Waals surface area (Å²) >= 11 is 0.